The SMILES string of the molecule is [C-]#[N+]c1cc(C(=O)O)c(NC(C)=O)s1. The summed E-state index contributed by atoms with van der Waals surface area (Å²) >= 11 is 0.949. The van der Waals surface area contributed by atoms with Gasteiger partial charge in [0, 0.05) is 6.92 Å². The molecular formula is C8H6N2O3S. The Balaban J connectivity index is 3.13. The molecule has 0 spiro atoms. The predicted molar refractivity (Wildman–Crippen MR) is 51.8 cm³/mol. The van der Waals surface area contributed by atoms with E-state index < -0.39 is 5.97 Å². The van der Waals surface area contributed by atoms with E-state index in [4.69, 9.17) is 11.7 Å². The molecular weight excluding hydrogens is 204 g/mol. The average molecular weight is 210 g/mol. The fourth-order valence-corrected chi connectivity index (χ4v) is 1.73. The standard InChI is InChI=1S/C8H6N2O3S/c1-4(11)10-7-5(8(12)13)3-6(9-2)14-7/h3H,1H3,(H,10,11)(H,12,13). The van der Waals surface area contributed by atoms with Crippen LogP contribution in [-0.4, -0.2) is 17.0 Å². The van der Waals surface area contributed by atoms with Gasteiger partial charge in [-0.25, -0.2) is 9.64 Å². The highest BCUT2D eigenvalue weighted by Crippen LogP contribution is 2.34. The number of nitrogens with zero attached hydrogens (tertiary/aromatic N) is 1. The van der Waals surface area contributed by atoms with Crippen molar-refractivity contribution >= 4 is 33.2 Å². The van der Waals surface area contributed by atoms with Crippen LogP contribution in [0.25, 0.3) is 4.85 Å². The summed E-state index contributed by atoms with van der Waals surface area (Å²) in [6, 6.07) is 1.24. The van der Waals surface area contributed by atoms with Crippen LogP contribution in [-0.2, 0) is 4.79 Å². The topological polar surface area (TPSA) is 70.8 Å². The van der Waals surface area contributed by atoms with Crippen LogP contribution in [0, 0.1) is 6.57 Å². The summed E-state index contributed by atoms with van der Waals surface area (Å²) in [7, 11) is 0. The zero-order valence-electron chi connectivity index (χ0n) is 7.20. The number of carbonyl (C=O) groups excluding carboxylic acids is 1. The van der Waals surface area contributed by atoms with Crippen LogP contribution in [0.2, 0.25) is 0 Å². The summed E-state index contributed by atoms with van der Waals surface area (Å²) < 4.78 is 0. The van der Waals surface area contributed by atoms with E-state index >= 15 is 0 Å². The van der Waals surface area contributed by atoms with Gasteiger partial charge in [0.1, 0.15) is 0 Å². The molecule has 0 unspecified atom stereocenters. The van der Waals surface area contributed by atoms with Gasteiger partial charge in [-0.05, 0) is 6.07 Å². The number of carboxylic acid groups (broad SMARTS) is 1. The second-order valence-corrected chi connectivity index (χ2v) is 3.46. The Morgan fingerprint density at radius 2 is 2.29 bits per heavy atom. The van der Waals surface area contributed by atoms with Crippen LogP contribution < -0.4 is 5.32 Å². The number of hydrogen-bond donors (Lipinski definition) is 2. The van der Waals surface area contributed by atoms with Crippen molar-refractivity contribution in [2.24, 2.45) is 0 Å². The first-order valence-corrected chi connectivity index (χ1v) is 4.38. The fraction of sp³-hybridized carbons (Fsp3) is 0.125. The molecule has 0 radical (unpaired) electrons. The largest absolute Gasteiger partial charge is 0.478 e. The molecule has 1 amide bonds. The van der Waals surface area contributed by atoms with Crippen LogP contribution in [0.4, 0.5) is 10.0 Å². The Morgan fingerprint density at radius 1 is 1.64 bits per heavy atom. The quantitative estimate of drug-likeness (QED) is 0.733. The molecule has 0 aliphatic carbocycles. The first-order chi connectivity index (χ1) is 6.54. The Labute approximate surface area is 83.8 Å². The minimum atomic E-state index is -1.15. The lowest BCUT2D eigenvalue weighted by atomic mass is 10.3. The third-order valence-corrected chi connectivity index (χ3v) is 2.29. The summed E-state index contributed by atoms with van der Waals surface area (Å²) in [5.74, 6) is -1.51. The first kappa shape index (κ1) is 10.2. The van der Waals surface area contributed by atoms with Crippen molar-refractivity contribution in [3.8, 4) is 0 Å². The third kappa shape index (κ3) is 2.08. The zero-order chi connectivity index (χ0) is 10.7. The number of carboxylic acids is 1. The third-order valence-electron chi connectivity index (χ3n) is 1.35. The van der Waals surface area contributed by atoms with E-state index in [0.29, 0.717) is 0 Å². The maximum absolute atomic E-state index is 10.7. The van der Waals surface area contributed by atoms with E-state index in [1.165, 1.54) is 13.0 Å². The van der Waals surface area contributed by atoms with Gasteiger partial charge in [0.15, 0.2) is 0 Å². The fourth-order valence-electron chi connectivity index (χ4n) is 0.845. The molecule has 1 rings (SSSR count). The van der Waals surface area contributed by atoms with Crippen molar-refractivity contribution in [3.63, 3.8) is 0 Å². The van der Waals surface area contributed by atoms with Crippen LogP contribution >= 0.6 is 11.3 Å². The van der Waals surface area contributed by atoms with Crippen LogP contribution in [0.15, 0.2) is 6.07 Å². The zero-order valence-corrected chi connectivity index (χ0v) is 8.01. The molecule has 0 saturated heterocycles. The van der Waals surface area contributed by atoms with Crippen molar-refractivity contribution in [2.45, 2.75) is 6.92 Å². The summed E-state index contributed by atoms with van der Waals surface area (Å²) in [5.41, 5.74) is -0.0452. The van der Waals surface area contributed by atoms with E-state index in [1.807, 2.05) is 0 Å². The highest BCUT2D eigenvalue weighted by Gasteiger charge is 2.15. The van der Waals surface area contributed by atoms with Gasteiger partial charge in [-0.15, -0.1) is 11.3 Å². The van der Waals surface area contributed by atoms with Crippen LogP contribution in [0.3, 0.4) is 0 Å². The minimum Gasteiger partial charge on any atom is -0.478 e. The molecule has 14 heavy (non-hydrogen) atoms. The molecule has 5 nitrogen and oxygen atoms in total. The molecule has 72 valence electrons. The Kier molecular flexibility index (Phi) is 2.84. The van der Waals surface area contributed by atoms with E-state index in [2.05, 4.69) is 10.2 Å². The van der Waals surface area contributed by atoms with Crippen molar-refractivity contribution in [1.29, 1.82) is 0 Å². The van der Waals surface area contributed by atoms with Gasteiger partial charge in [0.2, 0.25) is 10.9 Å². The van der Waals surface area contributed by atoms with Gasteiger partial charge in [-0.2, -0.15) is 0 Å². The van der Waals surface area contributed by atoms with Gasteiger partial charge >= 0.3 is 5.97 Å². The van der Waals surface area contributed by atoms with Crippen molar-refractivity contribution < 1.29 is 14.7 Å². The van der Waals surface area contributed by atoms with Crippen molar-refractivity contribution in [1.82, 2.24) is 0 Å². The van der Waals surface area contributed by atoms with Gasteiger partial charge in [0.25, 0.3) is 0 Å². The Morgan fingerprint density at radius 3 is 2.71 bits per heavy atom. The van der Waals surface area contributed by atoms with Crippen LogP contribution in [0.5, 0.6) is 0 Å². The molecule has 2 N–H and O–H groups in total. The number of amides is 1. The number of thiophene rings is 1. The van der Waals surface area contributed by atoms with Crippen LogP contribution in [0.1, 0.15) is 17.3 Å². The summed E-state index contributed by atoms with van der Waals surface area (Å²) in [6.45, 7) is 7.99. The van der Waals surface area contributed by atoms with Gasteiger partial charge in [-0.3, -0.25) is 4.79 Å². The van der Waals surface area contributed by atoms with Gasteiger partial charge in [0.05, 0.1) is 17.1 Å². The lowest BCUT2D eigenvalue weighted by Gasteiger charge is -1.98. The monoisotopic (exact) mass is 210 g/mol. The molecule has 0 aliphatic heterocycles. The number of rotatable bonds is 2. The maximum Gasteiger partial charge on any atom is 0.337 e. The molecule has 0 atom stereocenters. The summed E-state index contributed by atoms with van der Waals surface area (Å²) in [6.07, 6.45) is 0. The second-order valence-electron chi connectivity index (χ2n) is 2.43. The molecule has 0 aliphatic rings. The number of aromatic carboxylic acids is 1. The van der Waals surface area contributed by atoms with Crippen molar-refractivity contribution in [2.75, 3.05) is 5.32 Å². The lowest BCUT2D eigenvalue weighted by molar-refractivity contribution is -0.114. The first-order valence-electron chi connectivity index (χ1n) is 3.56. The smallest absolute Gasteiger partial charge is 0.337 e. The predicted octanol–water partition coefficient (Wildman–Crippen LogP) is 1.96. The van der Waals surface area contributed by atoms with Gasteiger partial charge < -0.3 is 10.4 Å². The van der Waals surface area contributed by atoms with E-state index in [1.54, 1.807) is 0 Å². The number of hydrogen-bond acceptors (Lipinski definition) is 3. The molecule has 6 heteroatoms. The maximum atomic E-state index is 10.7. The Bertz CT molecular complexity index is 430. The average Bonchev–Trinajstić information content (AvgIpc) is 2.46. The highest BCUT2D eigenvalue weighted by atomic mass is 32.1. The summed E-state index contributed by atoms with van der Waals surface area (Å²) in [5, 5.41) is 11.6. The van der Waals surface area contributed by atoms with E-state index in [9.17, 15) is 9.59 Å². The number of nitrogens with one attached hydrogen (secondary N) is 1. The number of anilines is 1. The summed E-state index contributed by atoms with van der Waals surface area (Å²) in [4.78, 5) is 24.5. The molecule has 1 aromatic rings. The second kappa shape index (κ2) is 3.89. The minimum absolute atomic E-state index is 0.0452. The molecule has 0 saturated carbocycles. The molecule has 0 fully saturated rings. The number of carbonyl (C=O) groups is 2. The normalized spacial score (nSPS) is 9.14. The highest BCUT2D eigenvalue weighted by molar-refractivity contribution is 7.20. The molecule has 1 heterocycles. The Hall–Kier alpha value is -1.87. The molecule has 1 aromatic heterocycles. The van der Waals surface area contributed by atoms with Crippen molar-refractivity contribution in [3.05, 3.63) is 23.0 Å². The van der Waals surface area contributed by atoms with E-state index in [0.717, 1.165) is 11.3 Å². The molecule has 0 bridgehead atoms. The van der Waals surface area contributed by atoms with E-state index in [-0.39, 0.29) is 21.5 Å². The molecule has 0 aromatic carbocycles. The lowest BCUT2D eigenvalue weighted by Crippen LogP contribution is -2.07. The van der Waals surface area contributed by atoms with Gasteiger partial charge in [-0.1, -0.05) is 0 Å².